The molecule has 17 heavy (non-hydrogen) atoms. The zero-order chi connectivity index (χ0) is 12.1. The van der Waals surface area contributed by atoms with Crippen molar-refractivity contribution in [3.63, 3.8) is 0 Å². The van der Waals surface area contributed by atoms with Crippen LogP contribution in [0.1, 0.15) is 5.56 Å². The van der Waals surface area contributed by atoms with Gasteiger partial charge in [-0.2, -0.15) is 5.10 Å². The smallest absolute Gasteiger partial charge is 0.116 e. The van der Waals surface area contributed by atoms with Crippen LogP contribution in [-0.2, 0) is 0 Å². The fourth-order valence-corrected chi connectivity index (χ4v) is 1.79. The predicted molar refractivity (Wildman–Crippen MR) is 78.5 cm³/mol. The molecule has 86 valence electrons. The van der Waals surface area contributed by atoms with Gasteiger partial charge in [0, 0.05) is 9.13 Å². The molecule has 0 radical (unpaired) electrons. The van der Waals surface area contributed by atoms with Gasteiger partial charge in [0.15, 0.2) is 0 Å². The maximum Gasteiger partial charge on any atom is 0.116 e. The molecule has 2 N–H and O–H groups in total. The van der Waals surface area contributed by atoms with Crippen molar-refractivity contribution in [3.8, 4) is 5.75 Å². The van der Waals surface area contributed by atoms with Gasteiger partial charge in [-0.25, -0.2) is 0 Å². The van der Waals surface area contributed by atoms with E-state index in [0.717, 1.165) is 14.8 Å². The van der Waals surface area contributed by atoms with Gasteiger partial charge < -0.3 is 5.11 Å². The number of para-hydroxylation sites is 1. The average molecular weight is 338 g/mol. The number of phenolic OH excluding ortho intramolecular Hbond substituents is 1. The summed E-state index contributed by atoms with van der Waals surface area (Å²) < 4.78 is 1.04. The number of hydrogen-bond donors (Lipinski definition) is 2. The van der Waals surface area contributed by atoms with Crippen LogP contribution in [0.2, 0.25) is 0 Å². The minimum absolute atomic E-state index is 0.242. The lowest BCUT2D eigenvalue weighted by Crippen LogP contribution is -1.92. The molecule has 0 heterocycles. The molecule has 0 fully saturated rings. The molecule has 2 rings (SSSR count). The predicted octanol–water partition coefficient (Wildman–Crippen LogP) is 3.44. The second kappa shape index (κ2) is 5.67. The Labute approximate surface area is 113 Å². The number of aromatic hydroxyl groups is 1. The largest absolute Gasteiger partial charge is 0.508 e. The molecule has 0 aliphatic heterocycles. The van der Waals surface area contributed by atoms with Gasteiger partial charge in [-0.15, -0.1) is 0 Å². The highest BCUT2D eigenvalue weighted by molar-refractivity contribution is 14.1. The molecule has 3 nitrogen and oxygen atoms in total. The third-order valence-corrected chi connectivity index (χ3v) is 3.13. The van der Waals surface area contributed by atoms with Crippen LogP contribution in [0.15, 0.2) is 53.6 Å². The van der Waals surface area contributed by atoms with Crippen LogP contribution in [0, 0.1) is 3.57 Å². The highest BCUT2D eigenvalue weighted by Crippen LogP contribution is 2.16. The van der Waals surface area contributed by atoms with Gasteiger partial charge in [-0.1, -0.05) is 18.2 Å². The van der Waals surface area contributed by atoms with Gasteiger partial charge in [-0.3, -0.25) is 5.43 Å². The molecule has 0 saturated heterocycles. The van der Waals surface area contributed by atoms with Gasteiger partial charge >= 0.3 is 0 Å². The third-order valence-electron chi connectivity index (χ3n) is 2.15. The lowest BCUT2D eigenvalue weighted by Gasteiger charge is -2.00. The molecule has 2 aromatic rings. The van der Waals surface area contributed by atoms with E-state index in [0.29, 0.717) is 0 Å². The summed E-state index contributed by atoms with van der Waals surface area (Å²) >= 11 is 2.20. The molecular formula is C13H11IN2O. The molecule has 0 aromatic heterocycles. The standard InChI is InChI=1S/C13H11IN2O/c14-13-7-6-12(17)8-10(13)9-15-16-11-4-2-1-3-5-11/h1-9,16-17H. The Kier molecular flexibility index (Phi) is 3.98. The first-order valence-electron chi connectivity index (χ1n) is 5.08. The summed E-state index contributed by atoms with van der Waals surface area (Å²) in [5.41, 5.74) is 4.74. The molecular weight excluding hydrogens is 327 g/mol. The van der Waals surface area contributed by atoms with Crippen LogP contribution < -0.4 is 5.43 Å². The van der Waals surface area contributed by atoms with Crippen molar-refractivity contribution >= 4 is 34.5 Å². The topological polar surface area (TPSA) is 44.6 Å². The third kappa shape index (κ3) is 3.45. The van der Waals surface area contributed by atoms with Gasteiger partial charge in [0.05, 0.1) is 11.9 Å². The van der Waals surface area contributed by atoms with Gasteiger partial charge in [0.25, 0.3) is 0 Å². The SMILES string of the molecule is Oc1ccc(I)c(C=NNc2ccccc2)c1. The normalized spacial score (nSPS) is 10.6. The molecule has 0 aliphatic rings. The maximum atomic E-state index is 9.37. The lowest BCUT2D eigenvalue weighted by atomic mass is 10.2. The van der Waals surface area contributed by atoms with Gasteiger partial charge in [0.1, 0.15) is 5.75 Å². The van der Waals surface area contributed by atoms with Crippen molar-refractivity contribution in [3.05, 3.63) is 57.7 Å². The Morgan fingerprint density at radius 3 is 2.65 bits per heavy atom. The minimum Gasteiger partial charge on any atom is -0.508 e. The van der Waals surface area contributed by atoms with E-state index >= 15 is 0 Å². The van der Waals surface area contributed by atoms with Crippen molar-refractivity contribution in [2.24, 2.45) is 5.10 Å². The quantitative estimate of drug-likeness (QED) is 0.512. The van der Waals surface area contributed by atoms with E-state index in [1.54, 1.807) is 18.3 Å². The van der Waals surface area contributed by atoms with Crippen LogP contribution in [0.4, 0.5) is 5.69 Å². The number of halogens is 1. The monoisotopic (exact) mass is 338 g/mol. The zero-order valence-corrected chi connectivity index (χ0v) is 11.1. The van der Waals surface area contributed by atoms with E-state index in [1.807, 2.05) is 36.4 Å². The molecule has 0 unspecified atom stereocenters. The summed E-state index contributed by atoms with van der Waals surface area (Å²) in [5.74, 6) is 0.242. The summed E-state index contributed by atoms with van der Waals surface area (Å²) in [6, 6.07) is 14.9. The van der Waals surface area contributed by atoms with E-state index < -0.39 is 0 Å². The first-order chi connectivity index (χ1) is 8.25. The van der Waals surface area contributed by atoms with Crippen molar-refractivity contribution in [1.82, 2.24) is 0 Å². The summed E-state index contributed by atoms with van der Waals surface area (Å²) in [6.07, 6.45) is 1.69. The highest BCUT2D eigenvalue weighted by Gasteiger charge is 1.97. The summed E-state index contributed by atoms with van der Waals surface area (Å²) in [7, 11) is 0. The van der Waals surface area contributed by atoms with Crippen molar-refractivity contribution in [2.45, 2.75) is 0 Å². The van der Waals surface area contributed by atoms with Gasteiger partial charge in [0.2, 0.25) is 0 Å². The average Bonchev–Trinajstić information content (AvgIpc) is 2.35. The van der Waals surface area contributed by atoms with Crippen LogP contribution in [0.5, 0.6) is 5.75 Å². The van der Waals surface area contributed by atoms with Crippen LogP contribution in [0.3, 0.4) is 0 Å². The Hall–Kier alpha value is -1.56. The number of nitrogens with one attached hydrogen (secondary N) is 1. The molecule has 0 saturated carbocycles. The first kappa shape index (κ1) is 11.9. The number of rotatable bonds is 3. The summed E-state index contributed by atoms with van der Waals surface area (Å²) in [4.78, 5) is 0. The number of benzene rings is 2. The number of phenols is 1. The number of anilines is 1. The van der Waals surface area contributed by atoms with Gasteiger partial charge in [-0.05, 0) is 52.9 Å². The first-order valence-corrected chi connectivity index (χ1v) is 6.16. The lowest BCUT2D eigenvalue weighted by molar-refractivity contribution is 0.475. The summed E-state index contributed by atoms with van der Waals surface area (Å²) in [5, 5.41) is 13.5. The van der Waals surface area contributed by atoms with Crippen molar-refractivity contribution in [2.75, 3.05) is 5.43 Å². The molecule has 4 heteroatoms. The Balaban J connectivity index is 2.08. The Morgan fingerprint density at radius 1 is 1.12 bits per heavy atom. The van der Waals surface area contributed by atoms with Crippen LogP contribution in [-0.4, -0.2) is 11.3 Å². The summed E-state index contributed by atoms with van der Waals surface area (Å²) in [6.45, 7) is 0. The van der Waals surface area contributed by atoms with E-state index in [9.17, 15) is 5.11 Å². The fourth-order valence-electron chi connectivity index (χ4n) is 1.32. The molecule has 0 aliphatic carbocycles. The van der Waals surface area contributed by atoms with Crippen molar-refractivity contribution in [1.29, 1.82) is 0 Å². The maximum absolute atomic E-state index is 9.37. The minimum atomic E-state index is 0.242. The number of hydrazone groups is 1. The second-order valence-electron chi connectivity index (χ2n) is 3.44. The fraction of sp³-hybridized carbons (Fsp3) is 0. The number of hydrogen-bond acceptors (Lipinski definition) is 3. The van der Waals surface area contributed by atoms with Crippen LogP contribution >= 0.6 is 22.6 Å². The van der Waals surface area contributed by atoms with Crippen LogP contribution in [0.25, 0.3) is 0 Å². The molecule has 0 atom stereocenters. The van der Waals surface area contributed by atoms with Crippen molar-refractivity contribution < 1.29 is 5.11 Å². The van der Waals surface area contributed by atoms with E-state index in [-0.39, 0.29) is 5.75 Å². The molecule has 0 bridgehead atoms. The molecule has 0 amide bonds. The second-order valence-corrected chi connectivity index (χ2v) is 4.60. The zero-order valence-electron chi connectivity index (χ0n) is 8.97. The Bertz CT molecular complexity index is 526. The molecule has 0 spiro atoms. The Morgan fingerprint density at radius 2 is 1.88 bits per heavy atom. The van der Waals surface area contributed by atoms with E-state index in [2.05, 4.69) is 33.1 Å². The highest BCUT2D eigenvalue weighted by atomic mass is 127. The van der Waals surface area contributed by atoms with E-state index in [4.69, 9.17) is 0 Å². The molecule has 2 aromatic carbocycles. The number of nitrogens with zero attached hydrogens (tertiary/aromatic N) is 1. The van der Waals surface area contributed by atoms with E-state index in [1.165, 1.54) is 0 Å².